The Labute approximate surface area is 138 Å². The van der Waals surface area contributed by atoms with Gasteiger partial charge >= 0.3 is 12.1 Å². The summed E-state index contributed by atoms with van der Waals surface area (Å²) in [6.07, 6.45) is -0.504. The van der Waals surface area contributed by atoms with Crippen molar-refractivity contribution in [1.29, 1.82) is 5.26 Å². The molecule has 0 saturated heterocycles. The maximum atomic E-state index is 11.6. The topological polar surface area (TPSA) is 93.3 Å². The van der Waals surface area contributed by atoms with Gasteiger partial charge in [0, 0.05) is 18.1 Å². The Balaban J connectivity index is 2.13. The number of fused-ring (bicyclic) bond motifs is 1. The van der Waals surface area contributed by atoms with Crippen molar-refractivity contribution < 1.29 is 19.2 Å². The Morgan fingerprint density at radius 3 is 2.75 bits per heavy atom. The Morgan fingerprint density at radius 1 is 1.33 bits per heavy atom. The summed E-state index contributed by atoms with van der Waals surface area (Å²) in [6.45, 7) is 4.85. The van der Waals surface area contributed by atoms with Crippen molar-refractivity contribution in [3.8, 4) is 17.3 Å². The molecule has 2 heterocycles. The molecule has 1 N–H and O–H groups in total. The standard InChI is InChI=1S/C17H15N3O4/c1-10(21)24-20-12(9-18)5-7-15(20)11-4-6-14-13(8-11)17(2,3)23-16(22)19-14/h4-8H,1-3H3,(H,19,22). The molecule has 1 aromatic heterocycles. The van der Waals surface area contributed by atoms with Crippen LogP contribution in [0.4, 0.5) is 10.5 Å². The molecule has 0 spiro atoms. The number of carbonyl (C=O) groups is 2. The molecule has 0 saturated carbocycles. The second-order valence-electron chi connectivity index (χ2n) is 5.88. The molecule has 1 aliphatic rings. The van der Waals surface area contributed by atoms with Gasteiger partial charge in [-0.25, -0.2) is 9.59 Å². The molecular weight excluding hydrogens is 310 g/mol. The maximum Gasteiger partial charge on any atom is 0.412 e. The number of carbonyl (C=O) groups excluding carboxylic acids is 2. The van der Waals surface area contributed by atoms with E-state index in [2.05, 4.69) is 5.32 Å². The predicted octanol–water partition coefficient (Wildman–Crippen LogP) is 2.80. The summed E-state index contributed by atoms with van der Waals surface area (Å²) in [5.41, 5.74) is 2.13. The lowest BCUT2D eigenvalue weighted by Crippen LogP contribution is -2.34. The second kappa shape index (κ2) is 5.42. The number of benzene rings is 1. The minimum Gasteiger partial charge on any atom is -0.438 e. The van der Waals surface area contributed by atoms with E-state index in [0.29, 0.717) is 11.4 Å². The molecule has 7 heteroatoms. The van der Waals surface area contributed by atoms with Crippen LogP contribution in [0.3, 0.4) is 0 Å². The highest BCUT2D eigenvalue weighted by atomic mass is 16.7. The van der Waals surface area contributed by atoms with Crippen molar-refractivity contribution in [2.24, 2.45) is 0 Å². The average molecular weight is 325 g/mol. The third-order valence-electron chi connectivity index (χ3n) is 3.72. The molecule has 0 atom stereocenters. The van der Waals surface area contributed by atoms with Crippen LogP contribution in [-0.2, 0) is 15.1 Å². The minimum absolute atomic E-state index is 0.210. The maximum absolute atomic E-state index is 11.6. The smallest absolute Gasteiger partial charge is 0.412 e. The van der Waals surface area contributed by atoms with Crippen molar-refractivity contribution in [2.75, 3.05) is 5.32 Å². The number of anilines is 1. The third kappa shape index (κ3) is 2.58. The fourth-order valence-corrected chi connectivity index (χ4v) is 2.68. The molecule has 0 radical (unpaired) electrons. The van der Waals surface area contributed by atoms with Gasteiger partial charge in [0.05, 0.1) is 11.4 Å². The zero-order valence-electron chi connectivity index (χ0n) is 13.4. The van der Waals surface area contributed by atoms with Crippen LogP contribution in [0.1, 0.15) is 32.0 Å². The lowest BCUT2D eigenvalue weighted by Gasteiger charge is -2.32. The molecular formula is C17H15N3O4. The number of cyclic esters (lactones) is 1. The first-order valence-electron chi connectivity index (χ1n) is 7.27. The number of nitrogens with one attached hydrogen (secondary N) is 1. The molecule has 122 valence electrons. The number of nitrogens with zero attached hydrogens (tertiary/aromatic N) is 2. The van der Waals surface area contributed by atoms with E-state index >= 15 is 0 Å². The van der Waals surface area contributed by atoms with E-state index in [1.165, 1.54) is 11.7 Å². The van der Waals surface area contributed by atoms with E-state index in [4.69, 9.17) is 14.8 Å². The first-order chi connectivity index (χ1) is 11.3. The Morgan fingerprint density at radius 2 is 2.08 bits per heavy atom. The van der Waals surface area contributed by atoms with Crippen molar-refractivity contribution in [1.82, 2.24) is 4.73 Å². The first-order valence-corrected chi connectivity index (χ1v) is 7.27. The number of hydrogen-bond donors (Lipinski definition) is 1. The summed E-state index contributed by atoms with van der Waals surface area (Å²) in [6, 6.07) is 10.6. The summed E-state index contributed by atoms with van der Waals surface area (Å²) >= 11 is 0. The highest BCUT2D eigenvalue weighted by Crippen LogP contribution is 2.38. The van der Waals surface area contributed by atoms with Gasteiger partial charge in [0.25, 0.3) is 0 Å². The molecule has 0 aliphatic carbocycles. The normalized spacial score (nSPS) is 14.8. The molecule has 1 aromatic carbocycles. The van der Waals surface area contributed by atoms with E-state index < -0.39 is 17.7 Å². The summed E-state index contributed by atoms with van der Waals surface area (Å²) in [5.74, 6) is -0.530. The van der Waals surface area contributed by atoms with Gasteiger partial charge in [-0.3, -0.25) is 5.32 Å². The van der Waals surface area contributed by atoms with Crippen LogP contribution in [-0.4, -0.2) is 16.8 Å². The molecule has 3 rings (SSSR count). The van der Waals surface area contributed by atoms with Gasteiger partial charge in [0.15, 0.2) is 5.69 Å². The van der Waals surface area contributed by atoms with E-state index in [1.807, 2.05) is 12.1 Å². The SMILES string of the molecule is CC(=O)On1c(C#N)ccc1-c1ccc2c(c1)C(C)(C)OC(=O)N2. The van der Waals surface area contributed by atoms with E-state index in [9.17, 15) is 9.59 Å². The summed E-state index contributed by atoms with van der Waals surface area (Å²) in [4.78, 5) is 28.0. The van der Waals surface area contributed by atoms with Crippen molar-refractivity contribution in [2.45, 2.75) is 26.4 Å². The van der Waals surface area contributed by atoms with Gasteiger partial charge in [0.1, 0.15) is 11.7 Å². The molecule has 0 unspecified atom stereocenters. The van der Waals surface area contributed by atoms with Crippen molar-refractivity contribution >= 4 is 17.7 Å². The van der Waals surface area contributed by atoms with E-state index in [1.54, 1.807) is 38.1 Å². The minimum atomic E-state index is -0.801. The number of nitriles is 1. The number of rotatable bonds is 2. The summed E-state index contributed by atoms with van der Waals surface area (Å²) in [7, 11) is 0. The third-order valence-corrected chi connectivity index (χ3v) is 3.72. The van der Waals surface area contributed by atoms with E-state index in [-0.39, 0.29) is 5.69 Å². The van der Waals surface area contributed by atoms with Crippen molar-refractivity contribution in [3.05, 3.63) is 41.6 Å². The Bertz CT molecular complexity index is 890. The lowest BCUT2D eigenvalue weighted by atomic mass is 9.92. The number of amides is 1. The lowest BCUT2D eigenvalue weighted by molar-refractivity contribution is -0.141. The quantitative estimate of drug-likeness (QED) is 0.916. The zero-order valence-corrected chi connectivity index (χ0v) is 13.4. The fraction of sp³-hybridized carbons (Fsp3) is 0.235. The number of aromatic nitrogens is 1. The van der Waals surface area contributed by atoms with Crippen molar-refractivity contribution in [3.63, 3.8) is 0 Å². The highest BCUT2D eigenvalue weighted by Gasteiger charge is 2.33. The van der Waals surface area contributed by atoms with Gasteiger partial charge in [-0.15, -0.1) is 0 Å². The summed E-state index contributed by atoms with van der Waals surface area (Å²) in [5, 5.41) is 11.8. The molecule has 1 aliphatic heterocycles. The molecule has 1 amide bonds. The van der Waals surface area contributed by atoms with Crippen LogP contribution in [0, 0.1) is 11.3 Å². The first kappa shape index (κ1) is 15.6. The molecule has 0 fully saturated rings. The van der Waals surface area contributed by atoms with Gasteiger partial charge < -0.3 is 9.57 Å². The Kier molecular flexibility index (Phi) is 3.53. The second-order valence-corrected chi connectivity index (χ2v) is 5.88. The fourth-order valence-electron chi connectivity index (χ4n) is 2.68. The van der Waals surface area contributed by atoms with Gasteiger partial charge in [-0.1, -0.05) is 6.07 Å². The average Bonchev–Trinajstić information content (AvgIpc) is 2.88. The van der Waals surface area contributed by atoms with Crippen LogP contribution < -0.4 is 10.2 Å². The molecule has 2 aromatic rings. The molecule has 7 nitrogen and oxygen atoms in total. The highest BCUT2D eigenvalue weighted by molar-refractivity contribution is 5.89. The molecule has 24 heavy (non-hydrogen) atoms. The summed E-state index contributed by atoms with van der Waals surface area (Å²) < 4.78 is 6.51. The van der Waals surface area contributed by atoms with Crippen LogP contribution in [0.5, 0.6) is 0 Å². The zero-order chi connectivity index (χ0) is 17.5. The van der Waals surface area contributed by atoms with Crippen LogP contribution in [0.25, 0.3) is 11.3 Å². The van der Waals surface area contributed by atoms with Gasteiger partial charge in [-0.2, -0.15) is 9.99 Å². The van der Waals surface area contributed by atoms with Crippen LogP contribution >= 0.6 is 0 Å². The molecule has 0 bridgehead atoms. The number of ether oxygens (including phenoxy) is 1. The van der Waals surface area contributed by atoms with Gasteiger partial charge in [-0.05, 0) is 38.1 Å². The van der Waals surface area contributed by atoms with Crippen LogP contribution in [0.2, 0.25) is 0 Å². The number of hydrogen-bond acceptors (Lipinski definition) is 5. The largest absolute Gasteiger partial charge is 0.438 e. The van der Waals surface area contributed by atoms with Gasteiger partial charge in [0.2, 0.25) is 0 Å². The predicted molar refractivity (Wildman–Crippen MR) is 85.0 cm³/mol. The Hall–Kier alpha value is -3.27. The monoisotopic (exact) mass is 325 g/mol. The van der Waals surface area contributed by atoms with E-state index in [0.717, 1.165) is 11.1 Å². The van der Waals surface area contributed by atoms with Crippen LogP contribution in [0.15, 0.2) is 30.3 Å².